The number of carbonyl (C=O) groups excluding carboxylic acids is 1. The third kappa shape index (κ3) is 3.74. The summed E-state index contributed by atoms with van der Waals surface area (Å²) in [6, 6.07) is 7.47. The Kier molecular flexibility index (Phi) is 6.20. The zero-order chi connectivity index (χ0) is 13.5. The zero-order valence-corrected chi connectivity index (χ0v) is 12.2. The number of halogens is 1. The average molecular weight is 268 g/mol. The number of nitrogens with zero attached hydrogens (tertiary/aromatic N) is 1. The summed E-state index contributed by atoms with van der Waals surface area (Å²) in [5.41, 5.74) is 0.718. The fourth-order valence-corrected chi connectivity index (χ4v) is 2.37. The van der Waals surface area contributed by atoms with Gasteiger partial charge in [-0.1, -0.05) is 31.9 Å². The van der Waals surface area contributed by atoms with Gasteiger partial charge in [0.1, 0.15) is 0 Å². The second-order valence-corrected chi connectivity index (χ2v) is 4.89. The van der Waals surface area contributed by atoms with Crippen LogP contribution < -0.4 is 0 Å². The summed E-state index contributed by atoms with van der Waals surface area (Å²) in [5.74, 6) is 0.106. The molecule has 18 heavy (non-hydrogen) atoms. The molecule has 0 saturated carbocycles. The average Bonchev–Trinajstić information content (AvgIpc) is 2.39. The van der Waals surface area contributed by atoms with E-state index in [1.165, 1.54) is 0 Å². The quantitative estimate of drug-likeness (QED) is 0.749. The molecule has 3 heteroatoms. The van der Waals surface area contributed by atoms with Gasteiger partial charge in [0, 0.05) is 23.2 Å². The Balaban J connectivity index is 2.87. The molecule has 2 nitrogen and oxygen atoms in total. The molecule has 1 aromatic carbocycles. The van der Waals surface area contributed by atoms with Crippen molar-refractivity contribution in [3.63, 3.8) is 0 Å². The Hall–Kier alpha value is -1.02. The first-order valence-electron chi connectivity index (χ1n) is 6.70. The Morgan fingerprint density at radius 3 is 2.28 bits per heavy atom. The largest absolute Gasteiger partial charge is 0.336 e. The number of benzene rings is 1. The smallest absolute Gasteiger partial charge is 0.254 e. The summed E-state index contributed by atoms with van der Waals surface area (Å²) in [4.78, 5) is 14.4. The van der Waals surface area contributed by atoms with Crippen LogP contribution in [0.5, 0.6) is 0 Å². The molecule has 0 saturated heterocycles. The van der Waals surface area contributed by atoms with E-state index < -0.39 is 0 Å². The van der Waals surface area contributed by atoms with E-state index >= 15 is 0 Å². The summed E-state index contributed by atoms with van der Waals surface area (Å²) in [6.07, 6.45) is 3.16. The van der Waals surface area contributed by atoms with Crippen molar-refractivity contribution in [1.82, 2.24) is 4.90 Å². The number of hydrogen-bond donors (Lipinski definition) is 0. The van der Waals surface area contributed by atoms with Crippen LogP contribution in [0.15, 0.2) is 24.3 Å². The standard InChI is InChI=1S/C15H22ClNO/c1-4-7-14(5-2)17(6-3)15(18)12-8-10-13(16)11-9-12/h8-11,14H,4-7H2,1-3H3. The second-order valence-electron chi connectivity index (χ2n) is 4.45. The summed E-state index contributed by atoms with van der Waals surface area (Å²) >= 11 is 5.84. The third-order valence-electron chi connectivity index (χ3n) is 3.23. The summed E-state index contributed by atoms with van der Waals surface area (Å²) < 4.78 is 0. The molecule has 1 aromatic rings. The maximum Gasteiger partial charge on any atom is 0.254 e. The molecule has 0 spiro atoms. The Morgan fingerprint density at radius 1 is 1.22 bits per heavy atom. The van der Waals surface area contributed by atoms with Gasteiger partial charge in [0.05, 0.1) is 0 Å². The monoisotopic (exact) mass is 267 g/mol. The molecule has 1 rings (SSSR count). The van der Waals surface area contributed by atoms with Crippen molar-refractivity contribution in [2.45, 2.75) is 46.1 Å². The van der Waals surface area contributed by atoms with Crippen LogP contribution in [-0.4, -0.2) is 23.4 Å². The van der Waals surface area contributed by atoms with Crippen LogP contribution in [0.25, 0.3) is 0 Å². The number of amides is 1. The Labute approximate surface area is 115 Å². The van der Waals surface area contributed by atoms with Crippen LogP contribution >= 0.6 is 11.6 Å². The molecule has 0 heterocycles. The fraction of sp³-hybridized carbons (Fsp3) is 0.533. The van der Waals surface area contributed by atoms with E-state index in [9.17, 15) is 4.79 Å². The predicted molar refractivity (Wildman–Crippen MR) is 77.1 cm³/mol. The molecule has 0 aliphatic heterocycles. The molecule has 0 N–H and O–H groups in total. The van der Waals surface area contributed by atoms with Crippen molar-refractivity contribution >= 4 is 17.5 Å². The minimum Gasteiger partial charge on any atom is -0.336 e. The predicted octanol–water partition coefficient (Wildman–Crippen LogP) is 4.38. The van der Waals surface area contributed by atoms with Gasteiger partial charge >= 0.3 is 0 Å². The maximum atomic E-state index is 12.4. The number of hydrogen-bond acceptors (Lipinski definition) is 1. The molecule has 0 aromatic heterocycles. The third-order valence-corrected chi connectivity index (χ3v) is 3.48. The summed E-state index contributed by atoms with van der Waals surface area (Å²) in [7, 11) is 0. The van der Waals surface area contributed by atoms with E-state index in [1.54, 1.807) is 24.3 Å². The van der Waals surface area contributed by atoms with Crippen molar-refractivity contribution in [2.75, 3.05) is 6.54 Å². The number of rotatable bonds is 6. The van der Waals surface area contributed by atoms with E-state index in [0.29, 0.717) is 11.1 Å². The van der Waals surface area contributed by atoms with Crippen molar-refractivity contribution in [3.8, 4) is 0 Å². The van der Waals surface area contributed by atoms with Gasteiger partial charge in [0.2, 0.25) is 0 Å². The van der Waals surface area contributed by atoms with Crippen LogP contribution in [-0.2, 0) is 0 Å². The molecular weight excluding hydrogens is 246 g/mol. The van der Waals surface area contributed by atoms with Gasteiger partial charge in [-0.3, -0.25) is 4.79 Å². The molecule has 1 amide bonds. The van der Waals surface area contributed by atoms with Gasteiger partial charge in [-0.2, -0.15) is 0 Å². The summed E-state index contributed by atoms with van der Waals surface area (Å²) in [6.45, 7) is 7.08. The minimum atomic E-state index is 0.106. The minimum absolute atomic E-state index is 0.106. The lowest BCUT2D eigenvalue weighted by molar-refractivity contribution is 0.0675. The molecule has 1 unspecified atom stereocenters. The molecule has 0 radical (unpaired) electrons. The van der Waals surface area contributed by atoms with Crippen LogP contribution in [0.2, 0.25) is 5.02 Å². The van der Waals surface area contributed by atoms with Crippen LogP contribution in [0, 0.1) is 0 Å². The SMILES string of the molecule is CCCC(CC)N(CC)C(=O)c1ccc(Cl)cc1. The lowest BCUT2D eigenvalue weighted by Crippen LogP contribution is -2.39. The van der Waals surface area contributed by atoms with Gasteiger partial charge in [0.25, 0.3) is 5.91 Å². The highest BCUT2D eigenvalue weighted by Crippen LogP contribution is 2.16. The van der Waals surface area contributed by atoms with Crippen LogP contribution in [0.3, 0.4) is 0 Å². The first kappa shape index (κ1) is 15.0. The Morgan fingerprint density at radius 2 is 1.83 bits per heavy atom. The van der Waals surface area contributed by atoms with Crippen LogP contribution in [0.1, 0.15) is 50.4 Å². The number of carbonyl (C=O) groups is 1. The molecule has 0 fully saturated rings. The fourth-order valence-electron chi connectivity index (χ4n) is 2.24. The van der Waals surface area contributed by atoms with Gasteiger partial charge < -0.3 is 4.90 Å². The van der Waals surface area contributed by atoms with Crippen molar-refractivity contribution in [1.29, 1.82) is 0 Å². The van der Waals surface area contributed by atoms with Crippen LogP contribution in [0.4, 0.5) is 0 Å². The normalized spacial score (nSPS) is 12.2. The molecule has 0 bridgehead atoms. The topological polar surface area (TPSA) is 20.3 Å². The highest BCUT2D eigenvalue weighted by atomic mass is 35.5. The van der Waals surface area contributed by atoms with E-state index in [-0.39, 0.29) is 5.91 Å². The van der Waals surface area contributed by atoms with Crippen molar-refractivity contribution in [2.24, 2.45) is 0 Å². The lowest BCUT2D eigenvalue weighted by Gasteiger charge is -2.30. The molecule has 0 aliphatic carbocycles. The molecule has 0 aliphatic rings. The molecule has 1 atom stereocenters. The van der Waals surface area contributed by atoms with Gasteiger partial charge in [0.15, 0.2) is 0 Å². The lowest BCUT2D eigenvalue weighted by atomic mass is 10.1. The van der Waals surface area contributed by atoms with E-state index in [0.717, 1.165) is 31.4 Å². The first-order valence-corrected chi connectivity index (χ1v) is 7.08. The van der Waals surface area contributed by atoms with Gasteiger partial charge in [-0.25, -0.2) is 0 Å². The maximum absolute atomic E-state index is 12.4. The first-order chi connectivity index (χ1) is 8.63. The Bertz CT molecular complexity index is 375. The van der Waals surface area contributed by atoms with Crippen molar-refractivity contribution < 1.29 is 4.79 Å². The van der Waals surface area contributed by atoms with E-state index in [1.807, 2.05) is 11.8 Å². The molecule has 100 valence electrons. The highest BCUT2D eigenvalue weighted by molar-refractivity contribution is 6.30. The van der Waals surface area contributed by atoms with Crippen molar-refractivity contribution in [3.05, 3.63) is 34.9 Å². The zero-order valence-electron chi connectivity index (χ0n) is 11.4. The van der Waals surface area contributed by atoms with E-state index in [2.05, 4.69) is 13.8 Å². The van der Waals surface area contributed by atoms with Gasteiger partial charge in [-0.15, -0.1) is 0 Å². The highest BCUT2D eigenvalue weighted by Gasteiger charge is 2.21. The second kappa shape index (κ2) is 7.42. The van der Waals surface area contributed by atoms with Gasteiger partial charge in [-0.05, 0) is 44.0 Å². The van der Waals surface area contributed by atoms with E-state index in [4.69, 9.17) is 11.6 Å². The summed E-state index contributed by atoms with van der Waals surface area (Å²) in [5, 5.41) is 0.662. The molecular formula is C15H22ClNO.